The molecule has 2 aromatic rings. The maximum Gasteiger partial charge on any atom is 0.309 e. The van der Waals surface area contributed by atoms with Gasteiger partial charge in [-0.05, 0) is 37.1 Å². The number of fused-ring (bicyclic) bond motifs is 1. The zero-order valence-corrected chi connectivity index (χ0v) is 17.8. The fraction of sp³-hybridized carbons (Fsp3) is 0.381. The molecule has 0 unspecified atom stereocenters. The van der Waals surface area contributed by atoms with E-state index in [2.05, 4.69) is 0 Å². The summed E-state index contributed by atoms with van der Waals surface area (Å²) < 4.78 is 43.2. The Bertz CT molecular complexity index is 1020. The number of hydrogen-bond acceptors (Lipinski definition) is 6. The highest BCUT2D eigenvalue weighted by Crippen LogP contribution is 2.32. The minimum Gasteiger partial charge on any atom is -0.467 e. The molecule has 1 saturated heterocycles. The van der Waals surface area contributed by atoms with Gasteiger partial charge in [-0.2, -0.15) is 4.31 Å². The van der Waals surface area contributed by atoms with Gasteiger partial charge in [0.1, 0.15) is 12.4 Å². The van der Waals surface area contributed by atoms with Gasteiger partial charge in [0.15, 0.2) is 6.79 Å². The second-order valence-corrected chi connectivity index (χ2v) is 9.64. The maximum atomic E-state index is 12.7. The fourth-order valence-electron chi connectivity index (χ4n) is 3.70. The molecule has 160 valence electrons. The molecular formula is C21H22ClNO6S. The molecule has 4 rings (SSSR count). The highest BCUT2D eigenvalue weighted by Gasteiger charge is 2.33. The third kappa shape index (κ3) is 4.46. The zero-order chi connectivity index (χ0) is 21.1. The topological polar surface area (TPSA) is 82.1 Å². The third-order valence-electron chi connectivity index (χ3n) is 5.29. The lowest BCUT2D eigenvalue weighted by atomic mass is 9.98. The first-order chi connectivity index (χ1) is 14.4. The highest BCUT2D eigenvalue weighted by atomic mass is 35.5. The van der Waals surface area contributed by atoms with Crippen molar-refractivity contribution in [1.29, 1.82) is 0 Å². The van der Waals surface area contributed by atoms with E-state index in [1.165, 1.54) is 4.31 Å². The normalized spacial score (nSPS) is 17.8. The van der Waals surface area contributed by atoms with Crippen molar-refractivity contribution >= 4 is 27.6 Å². The Balaban J connectivity index is 1.35. The van der Waals surface area contributed by atoms with Gasteiger partial charge >= 0.3 is 5.97 Å². The quantitative estimate of drug-likeness (QED) is 0.648. The fourth-order valence-corrected chi connectivity index (χ4v) is 5.46. The van der Waals surface area contributed by atoms with E-state index < -0.39 is 10.0 Å². The first-order valence-electron chi connectivity index (χ1n) is 9.69. The number of sulfonamides is 1. The van der Waals surface area contributed by atoms with Crippen molar-refractivity contribution < 1.29 is 27.4 Å². The molecule has 0 bridgehead atoms. The van der Waals surface area contributed by atoms with Gasteiger partial charge in [-0.1, -0.05) is 29.8 Å². The first kappa shape index (κ1) is 21.1. The summed E-state index contributed by atoms with van der Waals surface area (Å²) in [6.45, 7) is 1.15. The average molecular weight is 452 g/mol. The molecule has 9 heteroatoms. The van der Waals surface area contributed by atoms with Crippen LogP contribution >= 0.6 is 11.6 Å². The number of carbonyl (C=O) groups excluding carboxylic acids is 1. The molecule has 2 heterocycles. The van der Waals surface area contributed by atoms with Gasteiger partial charge in [-0.3, -0.25) is 4.79 Å². The Labute approximate surface area is 180 Å². The van der Waals surface area contributed by atoms with Crippen LogP contribution in [0.2, 0.25) is 5.02 Å². The van der Waals surface area contributed by atoms with E-state index in [1.807, 2.05) is 0 Å². The number of ether oxygens (including phenoxy) is 3. The van der Waals surface area contributed by atoms with Crippen LogP contribution in [-0.4, -0.2) is 38.6 Å². The van der Waals surface area contributed by atoms with Crippen molar-refractivity contribution in [1.82, 2.24) is 4.31 Å². The lowest BCUT2D eigenvalue weighted by molar-refractivity contribution is -0.151. The van der Waals surface area contributed by atoms with E-state index in [-0.39, 0.29) is 43.3 Å². The molecule has 0 aliphatic carbocycles. The minimum absolute atomic E-state index is 0.0459. The number of piperidine rings is 1. The van der Waals surface area contributed by atoms with Crippen LogP contribution in [0.15, 0.2) is 47.4 Å². The summed E-state index contributed by atoms with van der Waals surface area (Å²) in [5.41, 5.74) is 1.51. The molecule has 0 atom stereocenters. The largest absolute Gasteiger partial charge is 0.467 e. The SMILES string of the molecule is O=C(OCc1cc(Cl)cc2c1OCOC2)C1CCN(S(=O)(=O)c2ccccc2)CC1. The number of benzene rings is 2. The van der Waals surface area contributed by atoms with Crippen LogP contribution in [0.3, 0.4) is 0 Å². The molecule has 2 aromatic carbocycles. The number of nitrogens with zero attached hydrogens (tertiary/aromatic N) is 1. The van der Waals surface area contributed by atoms with Crippen molar-refractivity contribution in [2.24, 2.45) is 5.92 Å². The van der Waals surface area contributed by atoms with Crippen molar-refractivity contribution in [3.8, 4) is 5.75 Å². The second-order valence-electron chi connectivity index (χ2n) is 7.26. The van der Waals surface area contributed by atoms with E-state index in [0.29, 0.717) is 35.8 Å². The van der Waals surface area contributed by atoms with Gasteiger partial charge in [-0.15, -0.1) is 0 Å². The number of esters is 1. The van der Waals surface area contributed by atoms with Crippen molar-refractivity contribution in [3.63, 3.8) is 0 Å². The van der Waals surface area contributed by atoms with Crippen LogP contribution in [0.1, 0.15) is 24.0 Å². The third-order valence-corrected chi connectivity index (χ3v) is 7.42. The summed E-state index contributed by atoms with van der Waals surface area (Å²) in [5.74, 6) is -0.0405. The number of hydrogen-bond donors (Lipinski definition) is 0. The average Bonchev–Trinajstić information content (AvgIpc) is 2.77. The zero-order valence-electron chi connectivity index (χ0n) is 16.3. The molecule has 0 radical (unpaired) electrons. The lowest BCUT2D eigenvalue weighted by Crippen LogP contribution is -2.40. The number of halogens is 1. The van der Waals surface area contributed by atoms with Crippen LogP contribution in [0.4, 0.5) is 0 Å². The first-order valence-corrected chi connectivity index (χ1v) is 11.5. The summed E-state index contributed by atoms with van der Waals surface area (Å²) in [5, 5.41) is 0.522. The second kappa shape index (κ2) is 8.93. The molecule has 0 spiro atoms. The van der Waals surface area contributed by atoms with Crippen molar-refractivity contribution in [2.75, 3.05) is 19.9 Å². The van der Waals surface area contributed by atoms with E-state index in [1.54, 1.807) is 42.5 Å². The van der Waals surface area contributed by atoms with E-state index >= 15 is 0 Å². The summed E-state index contributed by atoms with van der Waals surface area (Å²) in [7, 11) is -3.54. The Kier molecular flexibility index (Phi) is 6.29. The van der Waals surface area contributed by atoms with Gasteiger partial charge < -0.3 is 14.2 Å². The Morgan fingerprint density at radius 3 is 2.63 bits per heavy atom. The number of carbonyl (C=O) groups is 1. The van der Waals surface area contributed by atoms with Gasteiger partial charge in [0, 0.05) is 29.2 Å². The molecule has 0 aromatic heterocycles. The predicted octanol–water partition coefficient (Wildman–Crippen LogP) is 3.35. The van der Waals surface area contributed by atoms with Crippen LogP contribution in [0.25, 0.3) is 0 Å². The summed E-state index contributed by atoms with van der Waals surface area (Å²) in [6.07, 6.45) is 0.839. The van der Waals surface area contributed by atoms with Gasteiger partial charge in [0.25, 0.3) is 0 Å². The molecule has 30 heavy (non-hydrogen) atoms. The van der Waals surface area contributed by atoms with Crippen molar-refractivity contribution in [2.45, 2.75) is 31.0 Å². The Morgan fingerprint density at radius 2 is 1.90 bits per heavy atom. The van der Waals surface area contributed by atoms with Crippen LogP contribution in [-0.2, 0) is 37.5 Å². The molecule has 7 nitrogen and oxygen atoms in total. The molecule has 0 amide bonds. The lowest BCUT2D eigenvalue weighted by Gasteiger charge is -2.30. The molecule has 1 fully saturated rings. The standard InChI is InChI=1S/C21H22ClNO6S/c22-18-10-16-12-27-14-29-20(16)17(11-18)13-28-21(24)15-6-8-23(9-7-15)30(25,26)19-4-2-1-3-5-19/h1-5,10-11,15H,6-9,12-14H2. The van der Waals surface area contributed by atoms with Gasteiger partial charge in [0.2, 0.25) is 10.0 Å². The van der Waals surface area contributed by atoms with Gasteiger partial charge in [-0.25, -0.2) is 8.42 Å². The number of rotatable bonds is 5. The molecule has 2 aliphatic rings. The maximum absolute atomic E-state index is 12.7. The van der Waals surface area contributed by atoms with Crippen LogP contribution in [0.5, 0.6) is 5.75 Å². The van der Waals surface area contributed by atoms with E-state index in [4.69, 9.17) is 25.8 Å². The predicted molar refractivity (Wildman–Crippen MR) is 109 cm³/mol. The van der Waals surface area contributed by atoms with Gasteiger partial charge in [0.05, 0.1) is 17.4 Å². The van der Waals surface area contributed by atoms with E-state index in [0.717, 1.165) is 5.56 Å². The summed E-state index contributed by atoms with van der Waals surface area (Å²) >= 11 is 6.14. The van der Waals surface area contributed by atoms with Crippen LogP contribution in [0, 0.1) is 5.92 Å². The smallest absolute Gasteiger partial charge is 0.309 e. The Hall–Kier alpha value is -2.13. The molecular weight excluding hydrogens is 430 g/mol. The highest BCUT2D eigenvalue weighted by molar-refractivity contribution is 7.89. The summed E-state index contributed by atoms with van der Waals surface area (Å²) in [6, 6.07) is 11.8. The minimum atomic E-state index is -3.54. The van der Waals surface area contributed by atoms with Crippen molar-refractivity contribution in [3.05, 3.63) is 58.6 Å². The van der Waals surface area contributed by atoms with E-state index in [9.17, 15) is 13.2 Å². The summed E-state index contributed by atoms with van der Waals surface area (Å²) in [4.78, 5) is 12.8. The Morgan fingerprint density at radius 1 is 1.17 bits per heavy atom. The monoisotopic (exact) mass is 451 g/mol. The molecule has 2 aliphatic heterocycles. The molecule has 0 N–H and O–H groups in total. The molecule has 0 saturated carbocycles. The van der Waals surface area contributed by atoms with Crippen LogP contribution < -0.4 is 4.74 Å².